The van der Waals surface area contributed by atoms with Gasteiger partial charge in [-0.1, -0.05) is 164 Å². The Balaban J connectivity index is 1.06. The van der Waals surface area contributed by atoms with Gasteiger partial charge in [0.2, 0.25) is 0 Å². The molecule has 0 spiro atoms. The summed E-state index contributed by atoms with van der Waals surface area (Å²) in [6.07, 6.45) is 8.89. The van der Waals surface area contributed by atoms with Gasteiger partial charge in [0.25, 0.3) is 0 Å². The van der Waals surface area contributed by atoms with Crippen molar-refractivity contribution >= 4 is 96.4 Å². The summed E-state index contributed by atoms with van der Waals surface area (Å²) in [7, 11) is 0. The van der Waals surface area contributed by atoms with Gasteiger partial charge in [0.15, 0.2) is 0 Å². The molecule has 0 N–H and O–H groups in total. The summed E-state index contributed by atoms with van der Waals surface area (Å²) in [5, 5.41) is 7.83. The number of fused-ring (bicyclic) bond motifs is 7. The monoisotopic (exact) mass is 813 g/mol. The van der Waals surface area contributed by atoms with Gasteiger partial charge >= 0.3 is 0 Å². The average molecular weight is 814 g/mol. The molecule has 2 aromatic heterocycles. The Labute approximate surface area is 363 Å². The Morgan fingerprint density at radius 3 is 1.92 bits per heavy atom. The zero-order chi connectivity index (χ0) is 40.3. The van der Waals surface area contributed by atoms with Gasteiger partial charge in [0.1, 0.15) is 0 Å². The number of anilines is 3. The fourth-order valence-electron chi connectivity index (χ4n) is 9.58. The number of thiophene rings is 2. The molecule has 288 valence electrons. The van der Waals surface area contributed by atoms with E-state index >= 15 is 0 Å². The second kappa shape index (κ2) is 14.9. The molecule has 0 atom stereocenters. The highest BCUT2D eigenvalue weighted by Crippen LogP contribution is 2.47. The molecule has 2 heterocycles. The van der Waals surface area contributed by atoms with Crippen LogP contribution in [0.25, 0.3) is 90.1 Å². The molecule has 0 aliphatic heterocycles. The largest absolute Gasteiger partial charge is 0.310 e. The van der Waals surface area contributed by atoms with E-state index in [1.165, 1.54) is 95.6 Å². The van der Waals surface area contributed by atoms with Crippen molar-refractivity contribution in [2.75, 3.05) is 4.90 Å². The number of hydrogen-bond acceptors (Lipinski definition) is 3. The molecule has 1 aliphatic carbocycles. The average Bonchev–Trinajstić information content (AvgIpc) is 3.91. The zero-order valence-electron chi connectivity index (χ0n) is 33.4. The van der Waals surface area contributed by atoms with Crippen LogP contribution in [0.5, 0.6) is 0 Å². The van der Waals surface area contributed by atoms with E-state index in [0.717, 1.165) is 29.9 Å². The number of rotatable bonds is 7. The SMILES string of the molecule is C1=CCCC(c2cccc3cccc(-c4ccccc4N(c4ccc(-c5cccc6c5sc5ccccc56)cc4)c4cccc(-c5cccc6sc7ccccc7c56)c4)c23)=C1. The molecule has 0 amide bonds. The van der Waals surface area contributed by atoms with Crippen LogP contribution in [0, 0.1) is 0 Å². The minimum absolute atomic E-state index is 1.04. The minimum atomic E-state index is 1.04. The van der Waals surface area contributed by atoms with Gasteiger partial charge in [-0.15, -0.1) is 22.7 Å². The molecule has 0 saturated carbocycles. The van der Waals surface area contributed by atoms with E-state index in [4.69, 9.17) is 0 Å². The Bertz CT molecular complexity index is 3540. The second-order valence-electron chi connectivity index (χ2n) is 15.9. The van der Waals surface area contributed by atoms with Crippen molar-refractivity contribution in [1.29, 1.82) is 0 Å². The lowest BCUT2D eigenvalue weighted by Crippen LogP contribution is -2.11. The van der Waals surface area contributed by atoms with Gasteiger partial charge in [-0.25, -0.2) is 0 Å². The van der Waals surface area contributed by atoms with E-state index in [9.17, 15) is 0 Å². The van der Waals surface area contributed by atoms with Crippen LogP contribution < -0.4 is 4.90 Å². The predicted octanol–water partition coefficient (Wildman–Crippen LogP) is 17.8. The molecule has 61 heavy (non-hydrogen) atoms. The number of nitrogens with zero attached hydrogens (tertiary/aromatic N) is 1. The van der Waals surface area contributed by atoms with E-state index in [0.29, 0.717) is 0 Å². The third-order valence-electron chi connectivity index (χ3n) is 12.4. The van der Waals surface area contributed by atoms with Gasteiger partial charge in [-0.2, -0.15) is 0 Å². The number of benzene rings is 9. The maximum atomic E-state index is 2.47. The third kappa shape index (κ3) is 6.12. The van der Waals surface area contributed by atoms with Crippen LogP contribution in [0.4, 0.5) is 17.1 Å². The van der Waals surface area contributed by atoms with Crippen molar-refractivity contribution in [1.82, 2.24) is 0 Å². The van der Waals surface area contributed by atoms with E-state index < -0.39 is 0 Å². The molecule has 9 aromatic carbocycles. The molecule has 12 rings (SSSR count). The molecule has 11 aromatic rings. The van der Waals surface area contributed by atoms with Crippen LogP contribution in [0.1, 0.15) is 18.4 Å². The summed E-state index contributed by atoms with van der Waals surface area (Å²) in [5.41, 5.74) is 13.4. The molecule has 1 nitrogen and oxygen atoms in total. The van der Waals surface area contributed by atoms with Crippen molar-refractivity contribution in [2.45, 2.75) is 12.8 Å². The molecule has 0 bridgehead atoms. The summed E-state index contributed by atoms with van der Waals surface area (Å²) in [6.45, 7) is 0. The van der Waals surface area contributed by atoms with Crippen molar-refractivity contribution in [3.63, 3.8) is 0 Å². The third-order valence-corrected chi connectivity index (χ3v) is 14.7. The van der Waals surface area contributed by atoms with Crippen molar-refractivity contribution in [3.8, 4) is 33.4 Å². The molecular weight excluding hydrogens is 775 g/mol. The maximum absolute atomic E-state index is 2.47. The van der Waals surface area contributed by atoms with Crippen LogP contribution >= 0.6 is 22.7 Å². The lowest BCUT2D eigenvalue weighted by Gasteiger charge is -2.29. The van der Waals surface area contributed by atoms with E-state index in [1.54, 1.807) is 0 Å². The molecule has 1 aliphatic rings. The predicted molar refractivity (Wildman–Crippen MR) is 267 cm³/mol. The zero-order valence-corrected chi connectivity index (χ0v) is 35.0. The Hall–Kier alpha value is -7.04. The quantitative estimate of drug-likeness (QED) is 0.155. The van der Waals surface area contributed by atoms with Gasteiger partial charge in [-0.05, 0) is 111 Å². The van der Waals surface area contributed by atoms with E-state index in [-0.39, 0.29) is 0 Å². The van der Waals surface area contributed by atoms with Gasteiger partial charge in [0.05, 0.1) is 5.69 Å². The summed E-state index contributed by atoms with van der Waals surface area (Å²) in [6, 6.07) is 72.0. The lowest BCUT2D eigenvalue weighted by molar-refractivity contribution is 1.06. The Morgan fingerprint density at radius 1 is 0.410 bits per heavy atom. The minimum Gasteiger partial charge on any atom is -0.310 e. The van der Waals surface area contributed by atoms with E-state index in [2.05, 4.69) is 217 Å². The highest BCUT2D eigenvalue weighted by atomic mass is 32.1. The van der Waals surface area contributed by atoms with Crippen LogP contribution in [0.3, 0.4) is 0 Å². The maximum Gasteiger partial charge on any atom is 0.0540 e. The van der Waals surface area contributed by atoms with Crippen LogP contribution in [-0.2, 0) is 0 Å². The molecular formula is C58H39NS2. The van der Waals surface area contributed by atoms with Crippen molar-refractivity contribution in [2.24, 2.45) is 0 Å². The first-order valence-corrected chi connectivity index (χ1v) is 22.7. The summed E-state index contributed by atoms with van der Waals surface area (Å²) >= 11 is 3.75. The normalized spacial score (nSPS) is 12.8. The number of allylic oxidation sites excluding steroid dienone is 4. The van der Waals surface area contributed by atoms with E-state index in [1.807, 2.05) is 22.7 Å². The summed E-state index contributed by atoms with van der Waals surface area (Å²) in [4.78, 5) is 2.47. The topological polar surface area (TPSA) is 3.24 Å². The second-order valence-corrected chi connectivity index (χ2v) is 18.0. The highest BCUT2D eigenvalue weighted by Gasteiger charge is 2.22. The lowest BCUT2D eigenvalue weighted by atomic mass is 9.88. The number of para-hydroxylation sites is 1. The first kappa shape index (κ1) is 35.9. The molecule has 0 unspecified atom stereocenters. The molecule has 3 heteroatoms. The molecule has 0 fully saturated rings. The standard InChI is InChI=1S/C58H39NS2/c1-2-15-38(16-3-1)44-24-11-17-40-18-12-27-49(56(40)44)47-21-4-7-29-52(47)59(42-35-33-39(34-36-42)46-26-13-28-50-48-22-5-8-30-53(48)61-58(46)50)43-20-10-19-41(37-43)45-25-14-32-55-57(45)51-23-6-9-31-54(51)60-55/h1-2,4-15,17-37H,3,16H2. The Morgan fingerprint density at radius 2 is 1.07 bits per heavy atom. The van der Waals surface area contributed by atoms with Crippen molar-refractivity contribution in [3.05, 3.63) is 218 Å². The fourth-order valence-corrected chi connectivity index (χ4v) is 11.9. The van der Waals surface area contributed by atoms with Crippen LogP contribution in [0.2, 0.25) is 0 Å². The van der Waals surface area contributed by atoms with Crippen LogP contribution in [-0.4, -0.2) is 0 Å². The highest BCUT2D eigenvalue weighted by molar-refractivity contribution is 7.26. The Kier molecular flexibility index (Phi) is 8.76. The smallest absolute Gasteiger partial charge is 0.0540 e. The first-order valence-electron chi connectivity index (χ1n) is 21.1. The van der Waals surface area contributed by atoms with Crippen LogP contribution in [0.15, 0.2) is 212 Å². The fraction of sp³-hybridized carbons (Fsp3) is 0.0345. The summed E-state index contributed by atoms with van der Waals surface area (Å²) < 4.78 is 5.28. The van der Waals surface area contributed by atoms with Gasteiger partial charge in [-0.3, -0.25) is 0 Å². The van der Waals surface area contributed by atoms with Gasteiger partial charge in [0, 0.05) is 57.3 Å². The summed E-state index contributed by atoms with van der Waals surface area (Å²) in [5.74, 6) is 0. The van der Waals surface area contributed by atoms with Crippen molar-refractivity contribution < 1.29 is 0 Å². The molecule has 0 radical (unpaired) electrons. The molecule has 0 saturated heterocycles. The first-order chi connectivity index (χ1) is 30.3. The number of hydrogen-bond donors (Lipinski definition) is 0. The van der Waals surface area contributed by atoms with Gasteiger partial charge < -0.3 is 4.90 Å².